The topological polar surface area (TPSA) is 32.3 Å². The molecule has 0 bridgehead atoms. The quantitative estimate of drug-likeness (QED) is 0.537. The molecule has 0 aliphatic carbocycles. The van der Waals surface area contributed by atoms with Crippen molar-refractivity contribution in [3.05, 3.63) is 21.8 Å². The van der Waals surface area contributed by atoms with Crippen LogP contribution in [0.4, 0.5) is 0 Å². The molecular weight excluding hydrogens is 185 g/mol. The molecule has 0 aromatic rings. The third kappa shape index (κ3) is 3.65. The van der Waals surface area contributed by atoms with Crippen LogP contribution in [0.15, 0.2) is 21.8 Å². The van der Waals surface area contributed by atoms with Crippen molar-refractivity contribution in [2.24, 2.45) is 0 Å². The molecule has 0 rings (SSSR count). The van der Waals surface area contributed by atoms with Gasteiger partial charge in [0.1, 0.15) is 0 Å². The molecule has 0 fully saturated rings. The lowest BCUT2D eigenvalue weighted by molar-refractivity contribution is 0.214. The normalized spacial score (nSPS) is 14.5. The molecule has 0 atom stereocenters. The second-order valence-corrected chi connectivity index (χ2v) is 2.96. The highest BCUT2D eigenvalue weighted by molar-refractivity contribution is 6.35. The Kier molecular flexibility index (Phi) is 5.38. The van der Waals surface area contributed by atoms with Crippen LogP contribution in [0.5, 0.6) is 0 Å². The lowest BCUT2D eigenvalue weighted by atomic mass is 10.2. The second kappa shape index (κ2) is 5.47. The molecule has 0 saturated carbocycles. The third-order valence-electron chi connectivity index (χ3n) is 1.25. The average Bonchev–Trinajstić information content (AvgIpc) is 1.88. The maximum absolute atomic E-state index is 8.29. The lowest BCUT2D eigenvalue weighted by Gasteiger charge is -2.03. The molecule has 0 amide bonds. The van der Waals surface area contributed by atoms with Gasteiger partial charge in [0.05, 0.1) is 5.03 Å². The zero-order chi connectivity index (χ0) is 8.85. The van der Waals surface area contributed by atoms with Crippen molar-refractivity contribution in [2.45, 2.75) is 20.3 Å². The molecule has 0 heterocycles. The van der Waals surface area contributed by atoms with E-state index < -0.39 is 0 Å². The van der Waals surface area contributed by atoms with Crippen LogP contribution < -0.4 is 5.48 Å². The molecule has 0 aromatic carbocycles. The van der Waals surface area contributed by atoms with Crippen molar-refractivity contribution in [1.82, 2.24) is 5.48 Å². The van der Waals surface area contributed by atoms with Gasteiger partial charge in [0.2, 0.25) is 0 Å². The summed E-state index contributed by atoms with van der Waals surface area (Å²) in [5.41, 5.74) is 2.68. The second-order valence-electron chi connectivity index (χ2n) is 1.99. The Labute approximate surface area is 76.5 Å². The summed E-state index contributed by atoms with van der Waals surface area (Å²) < 4.78 is 0. The molecule has 0 aliphatic heterocycles. The standard InChI is InChI=1S/C7H11Cl2NO/c1-3-6(5(2)8)7(9)4-10-11/h4,10-11H,3H2,1-2H3/b6-5?,7-4+. The average molecular weight is 196 g/mol. The largest absolute Gasteiger partial charge is 0.292 e. The minimum Gasteiger partial charge on any atom is -0.292 e. The number of hydrogen-bond acceptors (Lipinski definition) is 2. The fourth-order valence-electron chi connectivity index (χ4n) is 0.721. The number of nitrogens with one attached hydrogen (secondary N) is 1. The number of allylic oxidation sites excluding steroid dienone is 3. The van der Waals surface area contributed by atoms with Crippen molar-refractivity contribution in [3.63, 3.8) is 0 Å². The van der Waals surface area contributed by atoms with E-state index in [1.165, 1.54) is 6.20 Å². The van der Waals surface area contributed by atoms with Crippen LogP contribution in [0.25, 0.3) is 0 Å². The van der Waals surface area contributed by atoms with Gasteiger partial charge in [0.15, 0.2) is 0 Å². The molecule has 2 nitrogen and oxygen atoms in total. The lowest BCUT2D eigenvalue weighted by Crippen LogP contribution is -1.96. The van der Waals surface area contributed by atoms with Crippen molar-refractivity contribution < 1.29 is 5.21 Å². The van der Waals surface area contributed by atoms with Crippen LogP contribution in [0.2, 0.25) is 0 Å². The first-order valence-electron chi connectivity index (χ1n) is 3.24. The van der Waals surface area contributed by atoms with Crippen LogP contribution >= 0.6 is 23.2 Å². The molecular formula is C7H11Cl2NO. The van der Waals surface area contributed by atoms with Gasteiger partial charge in [-0.25, -0.2) is 0 Å². The van der Waals surface area contributed by atoms with Gasteiger partial charge < -0.3 is 0 Å². The fraction of sp³-hybridized carbons (Fsp3) is 0.429. The first-order valence-corrected chi connectivity index (χ1v) is 4.00. The van der Waals surface area contributed by atoms with Gasteiger partial charge >= 0.3 is 0 Å². The van der Waals surface area contributed by atoms with E-state index in [2.05, 4.69) is 0 Å². The summed E-state index contributed by atoms with van der Waals surface area (Å²) >= 11 is 11.5. The molecule has 0 aliphatic rings. The summed E-state index contributed by atoms with van der Waals surface area (Å²) in [4.78, 5) is 0. The van der Waals surface area contributed by atoms with E-state index in [1.54, 1.807) is 6.92 Å². The minimum atomic E-state index is 0.433. The molecule has 0 spiro atoms. The van der Waals surface area contributed by atoms with Crippen LogP contribution in [-0.2, 0) is 0 Å². The van der Waals surface area contributed by atoms with Gasteiger partial charge in [-0.3, -0.25) is 10.7 Å². The van der Waals surface area contributed by atoms with E-state index in [0.29, 0.717) is 10.1 Å². The zero-order valence-corrected chi connectivity index (χ0v) is 8.00. The van der Waals surface area contributed by atoms with Gasteiger partial charge in [-0.2, -0.15) is 0 Å². The first kappa shape index (κ1) is 10.8. The Hall–Kier alpha value is -0.180. The summed E-state index contributed by atoms with van der Waals surface area (Å²) in [7, 11) is 0. The predicted octanol–water partition coefficient (Wildman–Crippen LogP) is 2.97. The summed E-state index contributed by atoms with van der Waals surface area (Å²) in [6, 6.07) is 0. The van der Waals surface area contributed by atoms with Crippen LogP contribution in [-0.4, -0.2) is 5.21 Å². The highest BCUT2D eigenvalue weighted by Gasteiger charge is 2.02. The number of halogens is 2. The molecule has 2 N–H and O–H groups in total. The van der Waals surface area contributed by atoms with Crippen molar-refractivity contribution in [2.75, 3.05) is 0 Å². The first-order chi connectivity index (χ1) is 5.13. The van der Waals surface area contributed by atoms with E-state index in [4.69, 9.17) is 28.4 Å². The van der Waals surface area contributed by atoms with E-state index >= 15 is 0 Å². The van der Waals surface area contributed by atoms with E-state index in [-0.39, 0.29) is 0 Å². The summed E-state index contributed by atoms with van der Waals surface area (Å²) in [6.07, 6.45) is 2.03. The van der Waals surface area contributed by atoms with E-state index in [0.717, 1.165) is 12.0 Å². The highest BCUT2D eigenvalue weighted by atomic mass is 35.5. The van der Waals surface area contributed by atoms with E-state index in [9.17, 15) is 0 Å². The molecule has 0 saturated heterocycles. The van der Waals surface area contributed by atoms with Crippen molar-refractivity contribution >= 4 is 23.2 Å². The Morgan fingerprint density at radius 3 is 2.36 bits per heavy atom. The van der Waals surface area contributed by atoms with Crippen molar-refractivity contribution in [3.8, 4) is 0 Å². The van der Waals surface area contributed by atoms with Gasteiger partial charge in [0.25, 0.3) is 0 Å². The predicted molar refractivity (Wildman–Crippen MR) is 47.7 cm³/mol. The third-order valence-corrected chi connectivity index (χ3v) is 1.81. The zero-order valence-electron chi connectivity index (χ0n) is 6.49. The Morgan fingerprint density at radius 1 is 1.55 bits per heavy atom. The fourth-order valence-corrected chi connectivity index (χ4v) is 1.33. The maximum atomic E-state index is 8.29. The summed E-state index contributed by atoms with van der Waals surface area (Å²) in [6.45, 7) is 3.70. The maximum Gasteiger partial charge on any atom is 0.0629 e. The minimum absolute atomic E-state index is 0.433. The number of hydrogen-bond donors (Lipinski definition) is 2. The Morgan fingerprint density at radius 2 is 2.09 bits per heavy atom. The van der Waals surface area contributed by atoms with Crippen LogP contribution in [0.1, 0.15) is 20.3 Å². The molecule has 0 aromatic heterocycles. The Bertz CT molecular complexity index is 183. The Balaban J connectivity index is 4.53. The number of hydroxylamine groups is 1. The van der Waals surface area contributed by atoms with Crippen LogP contribution in [0, 0.1) is 0 Å². The number of rotatable bonds is 3. The summed E-state index contributed by atoms with van der Waals surface area (Å²) in [5.74, 6) is 0. The molecule has 0 unspecified atom stereocenters. The monoisotopic (exact) mass is 195 g/mol. The molecule has 0 radical (unpaired) electrons. The molecule has 4 heteroatoms. The van der Waals surface area contributed by atoms with Gasteiger partial charge in [-0.05, 0) is 18.9 Å². The SMILES string of the molecule is CCC(=C(C)Cl)/C(Cl)=C\NO. The summed E-state index contributed by atoms with van der Waals surface area (Å²) in [5, 5.41) is 9.36. The van der Waals surface area contributed by atoms with Gasteiger partial charge in [-0.15, -0.1) is 0 Å². The molecule has 64 valence electrons. The molecule has 11 heavy (non-hydrogen) atoms. The van der Waals surface area contributed by atoms with Gasteiger partial charge in [-0.1, -0.05) is 30.1 Å². The van der Waals surface area contributed by atoms with Crippen LogP contribution in [0.3, 0.4) is 0 Å². The van der Waals surface area contributed by atoms with E-state index in [1.807, 2.05) is 12.4 Å². The highest BCUT2D eigenvalue weighted by Crippen LogP contribution is 2.23. The smallest absolute Gasteiger partial charge is 0.0629 e. The van der Waals surface area contributed by atoms with Gasteiger partial charge in [0, 0.05) is 11.2 Å². The van der Waals surface area contributed by atoms with Crippen molar-refractivity contribution in [1.29, 1.82) is 0 Å².